The molecule has 0 aliphatic carbocycles. The smallest absolute Gasteiger partial charge is 0.421 e. The van der Waals surface area contributed by atoms with E-state index in [1.807, 2.05) is 43.3 Å². The predicted octanol–water partition coefficient (Wildman–Crippen LogP) is 5.69. The van der Waals surface area contributed by atoms with E-state index in [1.54, 1.807) is 12.1 Å². The van der Waals surface area contributed by atoms with E-state index in [2.05, 4.69) is 37.6 Å². The Hall–Kier alpha value is -2.83. The van der Waals surface area contributed by atoms with Gasteiger partial charge in [0, 0.05) is 11.6 Å². The number of hydrogen-bond acceptors (Lipinski definition) is 6. The largest absolute Gasteiger partial charge is 0.466 e. The summed E-state index contributed by atoms with van der Waals surface area (Å²) >= 11 is 0. The SMILES string of the molecule is CC(C)(C)c1ccc([S+](c2ccc(OC(=O)C(F)(F)S(=O)(=O)O)cc2)c2cccc(C3(C)OCCO3)c2)cc1. The van der Waals surface area contributed by atoms with Crippen molar-refractivity contribution >= 4 is 27.0 Å². The number of benzene rings is 3. The quantitative estimate of drug-likeness (QED) is 0.166. The van der Waals surface area contributed by atoms with Crippen molar-refractivity contribution in [2.75, 3.05) is 13.2 Å². The van der Waals surface area contributed by atoms with E-state index in [4.69, 9.17) is 14.0 Å². The molecule has 0 spiro atoms. The van der Waals surface area contributed by atoms with Crippen LogP contribution in [-0.2, 0) is 46.5 Å². The maximum atomic E-state index is 13.6. The molecule has 1 N–H and O–H groups in total. The van der Waals surface area contributed by atoms with Crippen molar-refractivity contribution < 1.29 is 40.8 Å². The van der Waals surface area contributed by atoms with Crippen LogP contribution in [0.5, 0.6) is 5.75 Å². The van der Waals surface area contributed by atoms with Gasteiger partial charge in [-0.2, -0.15) is 17.2 Å². The number of rotatable bonds is 7. The zero-order chi connectivity index (χ0) is 28.6. The van der Waals surface area contributed by atoms with E-state index < -0.39 is 38.0 Å². The van der Waals surface area contributed by atoms with Gasteiger partial charge in [0.2, 0.25) is 0 Å². The summed E-state index contributed by atoms with van der Waals surface area (Å²) in [5.74, 6) is -3.57. The van der Waals surface area contributed by atoms with Crippen LogP contribution in [0.15, 0.2) is 87.5 Å². The van der Waals surface area contributed by atoms with E-state index in [-0.39, 0.29) is 11.2 Å². The molecule has 208 valence electrons. The summed E-state index contributed by atoms with van der Waals surface area (Å²) in [5, 5.41) is -5.09. The maximum Gasteiger partial charge on any atom is 0.466 e. The fourth-order valence-electron chi connectivity index (χ4n) is 4.00. The van der Waals surface area contributed by atoms with Gasteiger partial charge in [0.15, 0.2) is 20.5 Å². The average molecular weight is 580 g/mol. The van der Waals surface area contributed by atoms with E-state index in [0.29, 0.717) is 13.2 Å². The lowest BCUT2D eigenvalue weighted by atomic mass is 9.87. The zero-order valence-electron chi connectivity index (χ0n) is 21.8. The van der Waals surface area contributed by atoms with Crippen LogP contribution >= 0.6 is 0 Å². The standard InChI is InChI=1S/C28H28F2O7S2/c1-26(2,3)19-8-12-22(13-9-19)38(24-7-5-6-20(18-24)27(4)35-16-17-36-27)23-14-10-21(11-15-23)37-25(31)28(29,30)39(32,33)34/h5-15,18H,16-17H2,1-4H3/p+1. The minimum Gasteiger partial charge on any atom is -0.421 e. The summed E-state index contributed by atoms with van der Waals surface area (Å²) in [4.78, 5) is 14.4. The van der Waals surface area contributed by atoms with E-state index in [1.165, 1.54) is 12.1 Å². The fraction of sp³-hybridized carbons (Fsp3) is 0.321. The Morgan fingerprint density at radius 3 is 1.97 bits per heavy atom. The van der Waals surface area contributed by atoms with Crippen LogP contribution in [0.25, 0.3) is 0 Å². The molecular weight excluding hydrogens is 550 g/mol. The predicted molar refractivity (Wildman–Crippen MR) is 142 cm³/mol. The Bertz CT molecular complexity index is 1440. The molecule has 1 fully saturated rings. The van der Waals surface area contributed by atoms with Crippen LogP contribution in [-0.4, -0.2) is 37.4 Å². The lowest BCUT2D eigenvalue weighted by Gasteiger charge is -2.23. The van der Waals surface area contributed by atoms with Gasteiger partial charge in [0.05, 0.1) is 24.1 Å². The van der Waals surface area contributed by atoms with Gasteiger partial charge in [0.25, 0.3) is 0 Å². The monoisotopic (exact) mass is 579 g/mol. The number of esters is 1. The fourth-order valence-corrected chi connectivity index (χ4v) is 6.35. The van der Waals surface area contributed by atoms with Gasteiger partial charge in [-0.25, -0.2) is 4.79 Å². The first-order chi connectivity index (χ1) is 18.1. The van der Waals surface area contributed by atoms with Crippen LogP contribution in [0.1, 0.15) is 38.8 Å². The molecule has 3 aromatic rings. The Balaban J connectivity index is 1.72. The number of ether oxygens (including phenoxy) is 3. The summed E-state index contributed by atoms with van der Waals surface area (Å²) in [6, 6.07) is 21.9. The molecule has 11 heteroatoms. The first kappa shape index (κ1) is 29.2. The third kappa shape index (κ3) is 6.17. The second-order valence-corrected chi connectivity index (χ2v) is 13.6. The second kappa shape index (κ2) is 10.6. The van der Waals surface area contributed by atoms with Crippen molar-refractivity contribution in [2.24, 2.45) is 0 Å². The van der Waals surface area contributed by atoms with Gasteiger partial charge in [-0.05, 0) is 60.4 Å². The molecule has 0 amide bonds. The Kier molecular flexibility index (Phi) is 7.94. The number of hydrogen-bond donors (Lipinski definition) is 1. The lowest BCUT2D eigenvalue weighted by Crippen LogP contribution is -2.40. The van der Waals surface area contributed by atoms with E-state index in [0.717, 1.165) is 25.8 Å². The molecule has 1 aliphatic heterocycles. The number of alkyl halides is 2. The molecule has 4 rings (SSSR count). The van der Waals surface area contributed by atoms with Gasteiger partial charge in [0.1, 0.15) is 5.75 Å². The van der Waals surface area contributed by atoms with Crippen LogP contribution in [0.4, 0.5) is 8.78 Å². The molecular formula is C28H29F2O7S2+. The van der Waals surface area contributed by atoms with Crippen molar-refractivity contribution in [1.82, 2.24) is 0 Å². The molecule has 1 atom stereocenters. The number of halogens is 2. The Labute approximate surface area is 229 Å². The van der Waals surface area contributed by atoms with Gasteiger partial charge in [-0.1, -0.05) is 45.0 Å². The minimum atomic E-state index is -5.97. The Morgan fingerprint density at radius 2 is 1.46 bits per heavy atom. The summed E-state index contributed by atoms with van der Waals surface area (Å²) in [6.07, 6.45) is 0. The molecule has 7 nitrogen and oxygen atoms in total. The van der Waals surface area contributed by atoms with Crippen molar-refractivity contribution in [3.63, 3.8) is 0 Å². The van der Waals surface area contributed by atoms with E-state index in [9.17, 15) is 22.0 Å². The maximum absolute atomic E-state index is 13.6. The third-order valence-electron chi connectivity index (χ3n) is 6.22. The number of carbonyl (C=O) groups excluding carboxylic acids is 1. The highest BCUT2D eigenvalue weighted by atomic mass is 32.2. The lowest BCUT2D eigenvalue weighted by molar-refractivity contribution is -0.151. The Morgan fingerprint density at radius 1 is 0.923 bits per heavy atom. The van der Waals surface area contributed by atoms with Crippen molar-refractivity contribution in [3.8, 4) is 5.75 Å². The van der Waals surface area contributed by atoms with Crippen LogP contribution < -0.4 is 4.74 Å². The van der Waals surface area contributed by atoms with E-state index >= 15 is 0 Å². The van der Waals surface area contributed by atoms with Gasteiger partial charge in [-0.15, -0.1) is 0 Å². The molecule has 1 heterocycles. The molecule has 0 saturated carbocycles. The highest BCUT2D eigenvalue weighted by Crippen LogP contribution is 2.37. The van der Waals surface area contributed by atoms with Crippen molar-refractivity contribution in [3.05, 3.63) is 83.9 Å². The molecule has 39 heavy (non-hydrogen) atoms. The minimum absolute atomic E-state index is 0.0432. The molecule has 0 radical (unpaired) electrons. The first-order valence-corrected chi connectivity index (χ1v) is 14.7. The topological polar surface area (TPSA) is 99.1 Å². The van der Waals surface area contributed by atoms with Gasteiger partial charge < -0.3 is 14.2 Å². The normalized spacial score (nSPS) is 16.6. The summed E-state index contributed by atoms with van der Waals surface area (Å²) in [7, 11) is -6.64. The second-order valence-electron chi connectivity index (χ2n) is 10.1. The summed E-state index contributed by atoms with van der Waals surface area (Å²) in [5.41, 5.74) is 1.96. The van der Waals surface area contributed by atoms with Crippen molar-refractivity contribution in [1.29, 1.82) is 0 Å². The third-order valence-corrected chi connectivity index (χ3v) is 9.25. The first-order valence-electron chi connectivity index (χ1n) is 12.0. The number of carbonyl (C=O) groups is 1. The molecule has 1 aliphatic rings. The highest BCUT2D eigenvalue weighted by Gasteiger charge is 2.54. The van der Waals surface area contributed by atoms with Crippen LogP contribution in [0, 0.1) is 0 Å². The summed E-state index contributed by atoms with van der Waals surface area (Å²) < 4.78 is 73.9. The van der Waals surface area contributed by atoms with Crippen molar-refractivity contribution in [2.45, 2.75) is 58.8 Å². The molecule has 0 aromatic heterocycles. The summed E-state index contributed by atoms with van der Waals surface area (Å²) in [6.45, 7) is 9.20. The molecule has 0 bridgehead atoms. The van der Waals surface area contributed by atoms with Crippen LogP contribution in [0.3, 0.4) is 0 Å². The van der Waals surface area contributed by atoms with Gasteiger partial charge in [-0.3, -0.25) is 4.55 Å². The zero-order valence-corrected chi connectivity index (χ0v) is 23.4. The molecule has 1 unspecified atom stereocenters. The highest BCUT2D eigenvalue weighted by molar-refractivity contribution is 7.97. The van der Waals surface area contributed by atoms with Crippen LogP contribution in [0.2, 0.25) is 0 Å². The molecule has 1 saturated heterocycles. The van der Waals surface area contributed by atoms with Gasteiger partial charge >= 0.3 is 21.3 Å². The average Bonchev–Trinajstić information content (AvgIpc) is 3.32. The molecule has 3 aromatic carbocycles.